The summed E-state index contributed by atoms with van der Waals surface area (Å²) < 4.78 is 62.0. The molecule has 0 aromatic carbocycles. The van der Waals surface area contributed by atoms with Crippen molar-refractivity contribution in [2.45, 2.75) is 78.1 Å². The second-order valence-corrected chi connectivity index (χ2v) is 17.3. The van der Waals surface area contributed by atoms with Crippen LogP contribution in [0.1, 0.15) is 53.7 Å². The number of nitrogen functional groups attached to an aromatic ring is 1. The van der Waals surface area contributed by atoms with E-state index in [1.807, 2.05) is 0 Å². The molecule has 0 spiro atoms. The lowest BCUT2D eigenvalue weighted by Gasteiger charge is -2.30. The quantitative estimate of drug-likeness (QED) is 0.0800. The van der Waals surface area contributed by atoms with E-state index in [1.54, 1.807) is 0 Å². The van der Waals surface area contributed by atoms with Gasteiger partial charge in [0.25, 0.3) is 0 Å². The van der Waals surface area contributed by atoms with Crippen LogP contribution in [0.3, 0.4) is 0 Å². The predicted molar refractivity (Wildman–Crippen MR) is 178 cm³/mol. The summed E-state index contributed by atoms with van der Waals surface area (Å²) in [6.45, 7) is 7.16. The maximum Gasteiger partial charge on any atom is 0.481 e. The average molecular weight is 806 g/mol. The third kappa shape index (κ3) is 12.6. The van der Waals surface area contributed by atoms with Crippen LogP contribution in [0, 0.1) is 17.3 Å². The maximum atomic E-state index is 12.6. The fourth-order valence-corrected chi connectivity index (χ4v) is 7.54. The van der Waals surface area contributed by atoms with E-state index in [4.69, 9.17) is 19.5 Å². The lowest BCUT2D eigenvalue weighted by molar-refractivity contribution is -0.137. The minimum atomic E-state index is -5.54. The molecule has 1 aliphatic heterocycles. The number of aliphatic hydroxyl groups excluding tert-OH is 2. The van der Waals surface area contributed by atoms with Gasteiger partial charge in [0.05, 0.1) is 19.5 Å². The van der Waals surface area contributed by atoms with Gasteiger partial charge in [-0.2, -0.15) is 4.31 Å². The first-order valence-electron chi connectivity index (χ1n) is 15.8. The van der Waals surface area contributed by atoms with Crippen molar-refractivity contribution in [2.75, 3.05) is 32.0 Å². The monoisotopic (exact) mass is 805 g/mol. The highest BCUT2D eigenvalue weighted by Crippen LogP contribution is 2.61. The molecule has 3 rings (SSSR count). The number of imidazole rings is 1. The van der Waals surface area contributed by atoms with Gasteiger partial charge in [-0.3, -0.25) is 27.7 Å². The lowest BCUT2D eigenvalue weighted by atomic mass is 9.87. The van der Waals surface area contributed by atoms with Gasteiger partial charge in [-0.25, -0.2) is 28.6 Å². The second-order valence-electron chi connectivity index (χ2n) is 13.1. The number of aliphatic hydroxyl groups is 2. The molecule has 0 radical (unpaired) electrons. The Balaban J connectivity index is 1.54. The summed E-state index contributed by atoms with van der Waals surface area (Å²) in [6, 6.07) is 0. The third-order valence-electron chi connectivity index (χ3n) is 8.14. The first-order chi connectivity index (χ1) is 23.9. The average Bonchev–Trinajstić information content (AvgIpc) is 3.58. The van der Waals surface area contributed by atoms with Crippen molar-refractivity contribution in [3.05, 3.63) is 12.7 Å². The van der Waals surface area contributed by atoms with E-state index in [2.05, 4.69) is 55.2 Å². The Morgan fingerprint density at radius 1 is 1.04 bits per heavy atom. The van der Waals surface area contributed by atoms with Crippen molar-refractivity contribution in [1.29, 1.82) is 0 Å². The van der Waals surface area contributed by atoms with Gasteiger partial charge in [0, 0.05) is 24.9 Å². The molecular formula is C26H46N7O16P3. The van der Waals surface area contributed by atoms with Gasteiger partial charge in [0.15, 0.2) is 17.7 Å². The summed E-state index contributed by atoms with van der Waals surface area (Å²) >= 11 is 0. The number of aromatic nitrogens is 4. The van der Waals surface area contributed by atoms with Crippen LogP contribution in [0.25, 0.3) is 11.2 Å². The largest absolute Gasteiger partial charge is 0.481 e. The number of hydrogen-bond donors (Lipinski definition) is 9. The molecule has 10 N–H and O–H groups in total. The molecule has 3 heterocycles. The van der Waals surface area contributed by atoms with E-state index >= 15 is 0 Å². The molecular weight excluding hydrogens is 759 g/mol. The van der Waals surface area contributed by atoms with E-state index < -0.39 is 78.6 Å². The summed E-state index contributed by atoms with van der Waals surface area (Å²) in [5.41, 5.74) is 4.32. The van der Waals surface area contributed by atoms with Crippen molar-refractivity contribution in [3.8, 4) is 0 Å². The molecule has 8 unspecified atom stereocenters. The van der Waals surface area contributed by atoms with Gasteiger partial charge >= 0.3 is 23.5 Å². The molecule has 1 saturated heterocycles. The van der Waals surface area contributed by atoms with E-state index in [-0.39, 0.29) is 35.9 Å². The summed E-state index contributed by atoms with van der Waals surface area (Å²) in [5.74, 6) is -0.405. The number of carbonyl (C=O) groups excluding carboxylic acids is 2. The number of nitrogens with one attached hydrogen (secondary N) is 2. The first-order valence-corrected chi connectivity index (χ1v) is 20.3. The molecule has 2 amide bonds. The standard InChI is InChI=1S/C26H46N7O16P3/c1-14(2)15(3)6-8-28-17(34)7-9-29-24(37)21(36)26(4,5)11-46-52(43,44)49-51(41,42)45-10-16-20(48-50(38,39)40)19(35)25(47-16)33-13-32-18-22(27)30-12-31-23(18)33/h12-16,19-21,25,35-36H,6-11H2,1-5H3,(H,28,34)(H,29,37)(H,41,42)(H,43,44)(H2,27,30,31)(H2,38,39,40). The van der Waals surface area contributed by atoms with E-state index in [0.29, 0.717) is 18.4 Å². The summed E-state index contributed by atoms with van der Waals surface area (Å²) in [5, 5.41) is 26.5. The second kappa shape index (κ2) is 17.8. The molecule has 1 fully saturated rings. The highest BCUT2D eigenvalue weighted by molar-refractivity contribution is 7.61. The van der Waals surface area contributed by atoms with Crippen LogP contribution < -0.4 is 16.4 Å². The summed E-state index contributed by atoms with van der Waals surface area (Å²) in [7, 11) is -16.3. The smallest absolute Gasteiger partial charge is 0.386 e. The number of fused-ring (bicyclic) bond motifs is 1. The minimum Gasteiger partial charge on any atom is -0.386 e. The fourth-order valence-electron chi connectivity index (χ4n) is 4.71. The molecule has 8 atom stereocenters. The van der Waals surface area contributed by atoms with Crippen molar-refractivity contribution in [1.82, 2.24) is 30.2 Å². The molecule has 0 bridgehead atoms. The topological polar surface area (TPSA) is 347 Å². The van der Waals surface area contributed by atoms with Crippen LogP contribution in [-0.4, -0.2) is 112 Å². The summed E-state index contributed by atoms with van der Waals surface area (Å²) in [6.07, 6.45) is -5.91. The van der Waals surface area contributed by atoms with Crippen molar-refractivity contribution < 1.29 is 75.7 Å². The Kier molecular flexibility index (Phi) is 15.0. The van der Waals surface area contributed by atoms with E-state index in [0.717, 1.165) is 23.6 Å². The molecule has 52 heavy (non-hydrogen) atoms. The molecule has 296 valence electrons. The van der Waals surface area contributed by atoms with Gasteiger partial charge in [-0.15, -0.1) is 0 Å². The molecule has 26 heteroatoms. The Morgan fingerprint density at radius 2 is 1.69 bits per heavy atom. The highest BCUT2D eigenvalue weighted by atomic mass is 31.3. The Morgan fingerprint density at radius 3 is 2.33 bits per heavy atom. The van der Waals surface area contributed by atoms with Crippen LogP contribution in [0.2, 0.25) is 0 Å². The molecule has 2 aromatic rings. The molecule has 0 saturated carbocycles. The van der Waals surface area contributed by atoms with Gasteiger partial charge in [0.1, 0.15) is 36.3 Å². The van der Waals surface area contributed by atoms with E-state index in [9.17, 15) is 53.1 Å². The number of ether oxygens (including phenoxy) is 1. The number of nitrogens with zero attached hydrogens (tertiary/aromatic N) is 4. The zero-order valence-corrected chi connectivity index (χ0v) is 31.6. The summed E-state index contributed by atoms with van der Waals surface area (Å²) in [4.78, 5) is 75.4. The first kappa shape index (κ1) is 43.9. The fraction of sp³-hybridized carbons (Fsp3) is 0.731. The zero-order valence-electron chi connectivity index (χ0n) is 28.9. The Labute approximate surface area is 298 Å². The van der Waals surface area contributed by atoms with Crippen molar-refractivity contribution in [3.63, 3.8) is 0 Å². The van der Waals surface area contributed by atoms with Gasteiger partial charge in [-0.1, -0.05) is 34.6 Å². The van der Waals surface area contributed by atoms with Crippen LogP contribution >= 0.6 is 23.5 Å². The molecule has 0 aliphatic carbocycles. The molecule has 2 aromatic heterocycles. The SMILES string of the molecule is CC(C)C(C)CCNC(=O)CCNC(=O)C(O)C(C)(C)COP(=O)(O)OP(=O)(O)OCC1OC(n2cnc3c(N)ncnc32)C(O)C1OP(=O)(O)O. The number of carbonyl (C=O) groups is 2. The van der Waals surface area contributed by atoms with Crippen LogP contribution in [0.5, 0.6) is 0 Å². The zero-order chi connectivity index (χ0) is 39.2. The number of phosphoric ester groups is 3. The Hall–Kier alpha value is -2.46. The number of phosphoric acid groups is 3. The number of rotatable bonds is 20. The van der Waals surface area contributed by atoms with Gasteiger partial charge in [-0.05, 0) is 18.3 Å². The predicted octanol–water partition coefficient (Wildman–Crippen LogP) is 0.0871. The van der Waals surface area contributed by atoms with Crippen LogP contribution in [-0.2, 0) is 45.9 Å². The number of anilines is 1. The molecule has 23 nitrogen and oxygen atoms in total. The highest BCUT2D eigenvalue weighted by Gasteiger charge is 2.50. The Bertz CT molecular complexity index is 1690. The maximum absolute atomic E-state index is 12.6. The number of hydrogen-bond acceptors (Lipinski definition) is 16. The van der Waals surface area contributed by atoms with Gasteiger partial charge in [0.2, 0.25) is 11.8 Å². The van der Waals surface area contributed by atoms with Crippen molar-refractivity contribution >= 4 is 52.3 Å². The normalized spacial score (nSPS) is 23.2. The van der Waals surface area contributed by atoms with Crippen LogP contribution in [0.15, 0.2) is 12.7 Å². The number of amides is 2. The van der Waals surface area contributed by atoms with Crippen molar-refractivity contribution in [2.24, 2.45) is 17.3 Å². The minimum absolute atomic E-state index is 0.0342. The van der Waals surface area contributed by atoms with Crippen LogP contribution in [0.4, 0.5) is 5.82 Å². The lowest BCUT2D eigenvalue weighted by Crippen LogP contribution is -2.46. The van der Waals surface area contributed by atoms with E-state index in [1.165, 1.54) is 13.8 Å². The van der Waals surface area contributed by atoms with Gasteiger partial charge < -0.3 is 50.9 Å². The number of nitrogens with two attached hydrogens (primary N) is 1. The third-order valence-corrected chi connectivity index (χ3v) is 11.2. The molecule has 1 aliphatic rings.